The molecule has 0 saturated carbocycles. The standard InChI is InChI=1S/C27H31N3O7S2/c1-5-37-26(33)20-8-11-22-23(13-20)38-27(30(22)16-24(31)36-4)28-25(32)19-6-9-21(10-7-19)39(34,35)29-14-17(2)12-18(3)15-29/h6-11,13,17-18H,5,12,14-16H2,1-4H3/t17-,18+. The van der Waals surface area contributed by atoms with Crippen molar-refractivity contribution < 1.29 is 32.3 Å². The molecule has 39 heavy (non-hydrogen) atoms. The first-order valence-electron chi connectivity index (χ1n) is 12.6. The Kier molecular flexibility index (Phi) is 8.67. The van der Waals surface area contributed by atoms with Crippen molar-refractivity contribution in [3.63, 3.8) is 0 Å². The molecule has 2 atom stereocenters. The Morgan fingerprint density at radius 1 is 1.03 bits per heavy atom. The molecule has 1 amide bonds. The van der Waals surface area contributed by atoms with Crippen LogP contribution in [0.1, 0.15) is 47.9 Å². The lowest BCUT2D eigenvalue weighted by Gasteiger charge is -2.34. The minimum absolute atomic E-state index is 0.120. The Morgan fingerprint density at radius 3 is 2.28 bits per heavy atom. The molecule has 12 heteroatoms. The second kappa shape index (κ2) is 11.8. The maximum absolute atomic E-state index is 13.2. The molecule has 10 nitrogen and oxygen atoms in total. The van der Waals surface area contributed by atoms with Gasteiger partial charge >= 0.3 is 11.9 Å². The largest absolute Gasteiger partial charge is 0.468 e. The fraction of sp³-hybridized carbons (Fsp3) is 0.407. The van der Waals surface area contributed by atoms with Gasteiger partial charge in [0.05, 0.1) is 34.4 Å². The zero-order valence-electron chi connectivity index (χ0n) is 22.2. The van der Waals surface area contributed by atoms with Crippen LogP contribution in [0.15, 0.2) is 52.4 Å². The first kappa shape index (κ1) is 28.7. The topological polar surface area (TPSA) is 124 Å². The number of nitrogens with zero attached hydrogens (tertiary/aromatic N) is 3. The molecule has 208 valence electrons. The zero-order chi connectivity index (χ0) is 28.3. The van der Waals surface area contributed by atoms with Crippen LogP contribution in [-0.4, -0.2) is 61.9 Å². The van der Waals surface area contributed by atoms with Crippen molar-refractivity contribution in [2.75, 3.05) is 26.8 Å². The summed E-state index contributed by atoms with van der Waals surface area (Å²) in [6.45, 7) is 6.77. The van der Waals surface area contributed by atoms with Crippen molar-refractivity contribution >= 4 is 49.4 Å². The van der Waals surface area contributed by atoms with Gasteiger partial charge in [-0.15, -0.1) is 0 Å². The predicted molar refractivity (Wildman–Crippen MR) is 146 cm³/mol. The van der Waals surface area contributed by atoms with E-state index in [1.54, 1.807) is 25.1 Å². The number of amides is 1. The molecule has 2 heterocycles. The minimum atomic E-state index is -3.68. The number of hydrogen-bond acceptors (Lipinski definition) is 8. The van der Waals surface area contributed by atoms with Crippen molar-refractivity contribution in [1.82, 2.24) is 8.87 Å². The number of thiazole rings is 1. The maximum atomic E-state index is 13.2. The minimum Gasteiger partial charge on any atom is -0.468 e. The van der Waals surface area contributed by atoms with Crippen LogP contribution in [0.2, 0.25) is 0 Å². The number of carbonyl (C=O) groups excluding carboxylic acids is 3. The van der Waals surface area contributed by atoms with Crippen LogP contribution < -0.4 is 4.80 Å². The van der Waals surface area contributed by atoms with Crippen LogP contribution in [-0.2, 0) is 30.8 Å². The summed E-state index contributed by atoms with van der Waals surface area (Å²) in [4.78, 5) is 41.9. The van der Waals surface area contributed by atoms with Gasteiger partial charge in [-0.2, -0.15) is 9.30 Å². The highest BCUT2D eigenvalue weighted by molar-refractivity contribution is 7.89. The molecular weight excluding hydrogens is 542 g/mol. The van der Waals surface area contributed by atoms with Gasteiger partial charge in [-0.3, -0.25) is 9.59 Å². The van der Waals surface area contributed by atoms with E-state index in [1.165, 1.54) is 40.2 Å². The fourth-order valence-corrected chi connectivity index (χ4v) is 7.47. The lowest BCUT2D eigenvalue weighted by atomic mass is 9.94. The van der Waals surface area contributed by atoms with Crippen LogP contribution in [0.25, 0.3) is 10.2 Å². The number of ether oxygens (including phenoxy) is 2. The summed E-state index contributed by atoms with van der Waals surface area (Å²) in [5.41, 5.74) is 1.13. The number of methoxy groups -OCH3 is 1. The van der Waals surface area contributed by atoms with Crippen molar-refractivity contribution in [1.29, 1.82) is 0 Å². The number of esters is 2. The van der Waals surface area contributed by atoms with Crippen molar-refractivity contribution in [3.05, 3.63) is 58.4 Å². The number of benzene rings is 2. The average Bonchev–Trinajstić information content (AvgIpc) is 3.23. The predicted octanol–water partition coefficient (Wildman–Crippen LogP) is 3.46. The molecule has 0 N–H and O–H groups in total. The molecule has 0 unspecified atom stereocenters. The molecule has 1 saturated heterocycles. The summed E-state index contributed by atoms with van der Waals surface area (Å²) in [6.07, 6.45) is 0.985. The van der Waals surface area contributed by atoms with E-state index in [2.05, 4.69) is 4.99 Å². The average molecular weight is 574 g/mol. The van der Waals surface area contributed by atoms with Crippen molar-refractivity contribution in [2.24, 2.45) is 16.8 Å². The van der Waals surface area contributed by atoms with E-state index >= 15 is 0 Å². The number of carbonyl (C=O) groups is 3. The Balaban J connectivity index is 1.67. The number of piperidine rings is 1. The molecule has 1 aliphatic rings. The first-order valence-corrected chi connectivity index (χ1v) is 14.9. The molecule has 1 fully saturated rings. The SMILES string of the molecule is CCOC(=O)c1ccc2c(c1)sc(=NC(=O)c1ccc(S(=O)(=O)N3C[C@H](C)C[C@H](C)C3)cc1)n2CC(=O)OC. The highest BCUT2D eigenvalue weighted by Gasteiger charge is 2.31. The first-order chi connectivity index (χ1) is 18.5. The molecule has 0 bridgehead atoms. The van der Waals surface area contributed by atoms with Crippen LogP contribution in [0.5, 0.6) is 0 Å². The normalized spacial score (nSPS) is 18.7. The quantitative estimate of drug-likeness (QED) is 0.397. The van der Waals surface area contributed by atoms with Gasteiger partial charge in [0.15, 0.2) is 4.80 Å². The summed E-state index contributed by atoms with van der Waals surface area (Å²) >= 11 is 1.13. The third-order valence-corrected chi connectivity index (χ3v) is 9.37. The zero-order valence-corrected chi connectivity index (χ0v) is 23.9. The number of aromatic nitrogens is 1. The van der Waals surface area contributed by atoms with Crippen LogP contribution in [0.3, 0.4) is 0 Å². The summed E-state index contributed by atoms with van der Waals surface area (Å²) in [5.74, 6) is -1.07. The second-order valence-electron chi connectivity index (χ2n) is 9.66. The van der Waals surface area contributed by atoms with E-state index in [0.29, 0.717) is 28.9 Å². The van der Waals surface area contributed by atoms with Crippen molar-refractivity contribution in [2.45, 2.75) is 38.6 Å². The second-order valence-corrected chi connectivity index (χ2v) is 12.6. The smallest absolute Gasteiger partial charge is 0.338 e. The van der Waals surface area contributed by atoms with Crippen LogP contribution in [0.4, 0.5) is 0 Å². The molecule has 2 aromatic carbocycles. The number of fused-ring (bicyclic) bond motifs is 1. The number of sulfonamides is 1. The van der Waals surface area contributed by atoms with E-state index < -0.39 is 27.9 Å². The van der Waals surface area contributed by atoms with Gasteiger partial charge in [-0.1, -0.05) is 25.2 Å². The Morgan fingerprint density at radius 2 is 1.67 bits per heavy atom. The van der Waals surface area contributed by atoms with Gasteiger partial charge < -0.3 is 14.0 Å². The number of rotatable bonds is 7. The molecular formula is C27H31N3O7S2. The van der Waals surface area contributed by atoms with Gasteiger partial charge in [-0.05, 0) is 67.6 Å². The lowest BCUT2D eigenvalue weighted by molar-refractivity contribution is -0.141. The monoisotopic (exact) mass is 573 g/mol. The van der Waals surface area contributed by atoms with E-state index in [4.69, 9.17) is 9.47 Å². The van der Waals surface area contributed by atoms with Gasteiger partial charge in [0, 0.05) is 18.7 Å². The van der Waals surface area contributed by atoms with E-state index in [0.717, 1.165) is 17.8 Å². The lowest BCUT2D eigenvalue weighted by Crippen LogP contribution is -2.42. The summed E-state index contributed by atoms with van der Waals surface area (Å²) < 4.78 is 39.9. The van der Waals surface area contributed by atoms with Crippen LogP contribution >= 0.6 is 11.3 Å². The molecule has 3 aromatic rings. The third-order valence-electron chi connectivity index (χ3n) is 6.48. The Bertz CT molecular complexity index is 1560. The van der Waals surface area contributed by atoms with Gasteiger partial charge in [0.2, 0.25) is 10.0 Å². The Hall–Kier alpha value is -3.35. The number of hydrogen-bond donors (Lipinski definition) is 0. The van der Waals surface area contributed by atoms with Crippen LogP contribution in [0, 0.1) is 11.8 Å². The molecule has 1 aliphatic heterocycles. The van der Waals surface area contributed by atoms with Gasteiger partial charge in [-0.25, -0.2) is 13.2 Å². The molecule has 1 aromatic heterocycles. The van der Waals surface area contributed by atoms with Crippen molar-refractivity contribution in [3.8, 4) is 0 Å². The van der Waals surface area contributed by atoms with Gasteiger partial charge in [0.1, 0.15) is 6.54 Å². The molecule has 0 aliphatic carbocycles. The van der Waals surface area contributed by atoms with E-state index in [-0.39, 0.29) is 40.2 Å². The highest BCUT2D eigenvalue weighted by atomic mass is 32.2. The van der Waals surface area contributed by atoms with E-state index in [9.17, 15) is 22.8 Å². The summed E-state index contributed by atoms with van der Waals surface area (Å²) in [5, 5.41) is 0. The fourth-order valence-electron chi connectivity index (χ4n) is 4.72. The molecule has 0 spiro atoms. The maximum Gasteiger partial charge on any atom is 0.338 e. The molecule has 4 rings (SSSR count). The Labute approximate surface area is 230 Å². The summed E-state index contributed by atoms with van der Waals surface area (Å²) in [7, 11) is -2.42. The van der Waals surface area contributed by atoms with E-state index in [1.807, 2.05) is 13.8 Å². The third kappa shape index (κ3) is 6.29. The van der Waals surface area contributed by atoms with Gasteiger partial charge in [0.25, 0.3) is 5.91 Å². The molecule has 0 radical (unpaired) electrons. The highest BCUT2D eigenvalue weighted by Crippen LogP contribution is 2.27. The summed E-state index contributed by atoms with van der Waals surface area (Å²) in [6, 6.07) is 10.6.